The highest BCUT2D eigenvalue weighted by atomic mass is 79.9. The summed E-state index contributed by atoms with van der Waals surface area (Å²) in [7, 11) is 0. The van der Waals surface area contributed by atoms with Crippen molar-refractivity contribution in [1.82, 2.24) is 4.90 Å². The van der Waals surface area contributed by atoms with Gasteiger partial charge in [0.05, 0.1) is 15.3 Å². The summed E-state index contributed by atoms with van der Waals surface area (Å²) in [6.45, 7) is 7.81. The van der Waals surface area contributed by atoms with Crippen LogP contribution in [0.4, 0.5) is 0 Å². The maximum absolute atomic E-state index is 12.3. The van der Waals surface area contributed by atoms with E-state index in [9.17, 15) is 9.59 Å². The molecule has 0 aliphatic carbocycles. The van der Waals surface area contributed by atoms with Gasteiger partial charge in [0.15, 0.2) is 0 Å². The summed E-state index contributed by atoms with van der Waals surface area (Å²) in [5, 5.41) is 0. The summed E-state index contributed by atoms with van der Waals surface area (Å²) >= 11 is 4.74. The second-order valence-electron chi connectivity index (χ2n) is 3.85. The third-order valence-corrected chi connectivity index (χ3v) is 4.45. The van der Waals surface area contributed by atoms with E-state index >= 15 is 0 Å². The number of rotatable bonds is 6. The van der Waals surface area contributed by atoms with Crippen molar-refractivity contribution in [1.29, 1.82) is 0 Å². The van der Waals surface area contributed by atoms with Crippen molar-refractivity contribution in [3.8, 4) is 0 Å². The summed E-state index contributed by atoms with van der Waals surface area (Å²) in [5.74, 6) is -0.600. The molecule has 0 unspecified atom stereocenters. The van der Waals surface area contributed by atoms with Gasteiger partial charge in [0.2, 0.25) is 0 Å². The quantitative estimate of drug-likeness (QED) is 0.588. The number of nitrogens with zero attached hydrogens (tertiary/aromatic N) is 1. The van der Waals surface area contributed by atoms with Crippen LogP contribution >= 0.6 is 27.3 Å². The van der Waals surface area contributed by atoms with E-state index in [-0.39, 0.29) is 12.5 Å². The highest BCUT2D eigenvalue weighted by Gasteiger charge is 2.20. The molecule has 1 rings (SSSR count). The molecule has 0 atom stereocenters. The zero-order valence-electron chi connectivity index (χ0n) is 10.9. The SMILES string of the molecule is C=CCN(CC(=O)OCC)C(=O)c1cc(C)c(Br)s1. The summed E-state index contributed by atoms with van der Waals surface area (Å²) in [4.78, 5) is 25.8. The predicted molar refractivity (Wildman–Crippen MR) is 79.5 cm³/mol. The van der Waals surface area contributed by atoms with Gasteiger partial charge in [-0.3, -0.25) is 9.59 Å². The van der Waals surface area contributed by atoms with Gasteiger partial charge in [-0.1, -0.05) is 6.08 Å². The molecule has 0 fully saturated rings. The minimum Gasteiger partial charge on any atom is -0.465 e. The maximum atomic E-state index is 12.3. The number of carbonyl (C=O) groups is 2. The number of carbonyl (C=O) groups excluding carboxylic acids is 2. The van der Waals surface area contributed by atoms with Crippen LogP contribution in [-0.2, 0) is 9.53 Å². The van der Waals surface area contributed by atoms with Crippen molar-refractivity contribution in [3.63, 3.8) is 0 Å². The Balaban J connectivity index is 2.83. The third-order valence-electron chi connectivity index (χ3n) is 2.33. The zero-order valence-corrected chi connectivity index (χ0v) is 13.3. The van der Waals surface area contributed by atoms with Gasteiger partial charge in [-0.25, -0.2) is 0 Å². The number of hydrogen-bond acceptors (Lipinski definition) is 4. The van der Waals surface area contributed by atoms with Crippen LogP contribution in [0, 0.1) is 6.92 Å². The molecule has 0 aliphatic heterocycles. The molecule has 1 aromatic rings. The van der Waals surface area contributed by atoms with Gasteiger partial charge < -0.3 is 9.64 Å². The Kier molecular flexibility index (Phi) is 6.24. The minimum atomic E-state index is -0.412. The second-order valence-corrected chi connectivity index (χ2v) is 6.22. The van der Waals surface area contributed by atoms with Crippen molar-refractivity contribution < 1.29 is 14.3 Å². The third kappa shape index (κ3) is 4.47. The van der Waals surface area contributed by atoms with E-state index in [0.29, 0.717) is 18.0 Å². The van der Waals surface area contributed by atoms with Crippen LogP contribution in [0.1, 0.15) is 22.2 Å². The van der Waals surface area contributed by atoms with Gasteiger partial charge in [-0.15, -0.1) is 17.9 Å². The van der Waals surface area contributed by atoms with Gasteiger partial charge in [0.1, 0.15) is 6.54 Å². The largest absolute Gasteiger partial charge is 0.465 e. The molecule has 1 amide bonds. The average molecular weight is 346 g/mol. The number of hydrogen-bond donors (Lipinski definition) is 0. The van der Waals surface area contributed by atoms with E-state index < -0.39 is 5.97 Å². The maximum Gasteiger partial charge on any atom is 0.325 e. The lowest BCUT2D eigenvalue weighted by Gasteiger charge is -2.19. The first kappa shape index (κ1) is 15.9. The number of ether oxygens (including phenoxy) is 1. The molecule has 0 radical (unpaired) electrons. The fourth-order valence-corrected chi connectivity index (χ4v) is 2.96. The van der Waals surface area contributed by atoms with Gasteiger partial charge in [-0.2, -0.15) is 0 Å². The lowest BCUT2D eigenvalue weighted by Crippen LogP contribution is -2.36. The number of aryl methyl sites for hydroxylation is 1. The first-order valence-corrected chi connectivity index (χ1v) is 7.42. The van der Waals surface area contributed by atoms with Crippen molar-refractivity contribution in [3.05, 3.63) is 32.9 Å². The number of thiophene rings is 1. The van der Waals surface area contributed by atoms with E-state index in [2.05, 4.69) is 22.5 Å². The Hall–Kier alpha value is -1.14. The van der Waals surface area contributed by atoms with Crippen LogP contribution in [0.5, 0.6) is 0 Å². The lowest BCUT2D eigenvalue weighted by molar-refractivity contribution is -0.143. The standard InChI is InChI=1S/C13H16BrNO3S/c1-4-6-15(8-11(16)18-5-2)13(17)10-7-9(3)12(14)19-10/h4,7H,1,5-6,8H2,2-3H3. The van der Waals surface area contributed by atoms with E-state index in [1.165, 1.54) is 16.2 Å². The Labute approximate surface area is 125 Å². The van der Waals surface area contributed by atoms with E-state index in [1.807, 2.05) is 6.92 Å². The smallest absolute Gasteiger partial charge is 0.325 e. The van der Waals surface area contributed by atoms with Crippen LogP contribution < -0.4 is 0 Å². The highest BCUT2D eigenvalue weighted by Crippen LogP contribution is 2.28. The van der Waals surface area contributed by atoms with Crippen LogP contribution in [0.3, 0.4) is 0 Å². The van der Waals surface area contributed by atoms with Gasteiger partial charge in [-0.05, 0) is 41.4 Å². The fraction of sp³-hybridized carbons (Fsp3) is 0.385. The Bertz CT molecular complexity index is 465. The lowest BCUT2D eigenvalue weighted by atomic mass is 10.3. The summed E-state index contributed by atoms with van der Waals surface area (Å²) < 4.78 is 5.78. The Morgan fingerprint density at radius 3 is 2.74 bits per heavy atom. The highest BCUT2D eigenvalue weighted by molar-refractivity contribution is 9.11. The van der Waals surface area contributed by atoms with Gasteiger partial charge in [0.25, 0.3) is 5.91 Å². The van der Waals surface area contributed by atoms with Crippen molar-refractivity contribution in [2.45, 2.75) is 13.8 Å². The summed E-state index contributed by atoms with van der Waals surface area (Å²) in [5.41, 5.74) is 1.00. The van der Waals surface area contributed by atoms with Crippen molar-refractivity contribution in [2.24, 2.45) is 0 Å². The van der Waals surface area contributed by atoms with Gasteiger partial charge in [0, 0.05) is 6.54 Å². The predicted octanol–water partition coefficient (Wildman–Crippen LogP) is 3.01. The second kappa shape index (κ2) is 7.45. The molecule has 104 valence electrons. The van der Waals surface area contributed by atoms with Crippen LogP contribution in [-0.4, -0.2) is 36.5 Å². The molecule has 1 aromatic heterocycles. The van der Waals surface area contributed by atoms with Crippen molar-refractivity contribution in [2.75, 3.05) is 19.7 Å². The molecule has 4 nitrogen and oxygen atoms in total. The minimum absolute atomic E-state index is 0.0622. The number of esters is 1. The zero-order chi connectivity index (χ0) is 14.4. The number of amides is 1. The van der Waals surface area contributed by atoms with Crippen LogP contribution in [0.25, 0.3) is 0 Å². The molecule has 1 heterocycles. The van der Waals surface area contributed by atoms with E-state index in [0.717, 1.165) is 9.35 Å². The topological polar surface area (TPSA) is 46.6 Å². The normalized spacial score (nSPS) is 10.1. The average Bonchev–Trinajstić information content (AvgIpc) is 2.68. The number of halogens is 1. The van der Waals surface area contributed by atoms with Gasteiger partial charge >= 0.3 is 5.97 Å². The molecular weight excluding hydrogens is 330 g/mol. The molecule has 0 N–H and O–H groups in total. The first-order valence-electron chi connectivity index (χ1n) is 5.81. The van der Waals surface area contributed by atoms with Crippen LogP contribution in [0.2, 0.25) is 0 Å². The fourth-order valence-electron chi connectivity index (χ4n) is 1.46. The van der Waals surface area contributed by atoms with E-state index in [1.54, 1.807) is 19.1 Å². The Morgan fingerprint density at radius 1 is 1.58 bits per heavy atom. The molecule has 0 saturated carbocycles. The monoisotopic (exact) mass is 345 g/mol. The molecule has 19 heavy (non-hydrogen) atoms. The Morgan fingerprint density at radius 2 is 2.26 bits per heavy atom. The summed E-state index contributed by atoms with van der Waals surface area (Å²) in [6.07, 6.45) is 1.59. The summed E-state index contributed by atoms with van der Waals surface area (Å²) in [6, 6.07) is 1.80. The molecule has 6 heteroatoms. The van der Waals surface area contributed by atoms with E-state index in [4.69, 9.17) is 4.74 Å². The molecule has 0 bridgehead atoms. The van der Waals surface area contributed by atoms with Crippen LogP contribution in [0.15, 0.2) is 22.5 Å². The molecule has 0 saturated heterocycles. The first-order chi connectivity index (χ1) is 8.99. The molecular formula is C13H16BrNO3S. The van der Waals surface area contributed by atoms with Crippen molar-refractivity contribution >= 4 is 39.1 Å². The molecule has 0 aromatic carbocycles. The molecule has 0 spiro atoms. The molecule has 0 aliphatic rings.